The minimum Gasteiger partial charge on any atom is -0.497 e. The highest BCUT2D eigenvalue weighted by Gasteiger charge is 2.27. The van der Waals surface area contributed by atoms with Gasteiger partial charge >= 0.3 is 0 Å². The van der Waals surface area contributed by atoms with Gasteiger partial charge in [-0.05, 0) is 24.3 Å². The van der Waals surface area contributed by atoms with Gasteiger partial charge in [0.05, 0.1) is 18.8 Å². The lowest BCUT2D eigenvalue weighted by atomic mass is 10.1. The number of ether oxygens (including phenoxy) is 2. The van der Waals surface area contributed by atoms with Crippen LogP contribution < -0.4 is 14.8 Å². The monoisotopic (exact) mass is 435 g/mol. The Morgan fingerprint density at radius 3 is 2.76 bits per heavy atom. The zero-order valence-corrected chi connectivity index (χ0v) is 18.2. The van der Waals surface area contributed by atoms with Crippen LogP contribution in [0.25, 0.3) is 0 Å². The molecule has 0 aliphatic carbocycles. The third kappa shape index (κ3) is 5.27. The minimum absolute atomic E-state index is 0. The Morgan fingerprint density at radius 1 is 1.24 bits per heavy atom. The second-order valence-corrected chi connectivity index (χ2v) is 7.73. The summed E-state index contributed by atoms with van der Waals surface area (Å²) in [5, 5.41) is 6.59. The van der Waals surface area contributed by atoms with Crippen LogP contribution in [0.2, 0.25) is 0 Å². The molecule has 4 rings (SSSR count). The minimum atomic E-state index is 0. The molecular weight excluding hydrogens is 410 g/mol. The fourth-order valence-corrected chi connectivity index (χ4v) is 4.10. The number of aryl methyl sites for hydroxylation is 1. The molecule has 7 nitrogen and oxygen atoms in total. The van der Waals surface area contributed by atoms with E-state index < -0.39 is 0 Å². The van der Waals surface area contributed by atoms with E-state index in [0.29, 0.717) is 6.61 Å². The van der Waals surface area contributed by atoms with E-state index >= 15 is 0 Å². The number of nitrogens with zero attached hydrogens (tertiary/aromatic N) is 4. The second kappa shape index (κ2) is 10.1. The first kappa shape index (κ1) is 21.6. The fourth-order valence-electron chi connectivity index (χ4n) is 3.40. The van der Waals surface area contributed by atoms with Gasteiger partial charge in [0.15, 0.2) is 0 Å². The summed E-state index contributed by atoms with van der Waals surface area (Å²) in [6.45, 7) is 4.16. The molecule has 3 aromatic rings. The van der Waals surface area contributed by atoms with Crippen LogP contribution in [0.4, 0.5) is 0 Å². The van der Waals surface area contributed by atoms with Crippen molar-refractivity contribution < 1.29 is 9.47 Å². The lowest BCUT2D eigenvalue weighted by Gasteiger charge is -2.35. The summed E-state index contributed by atoms with van der Waals surface area (Å²) >= 11 is 1.64. The van der Waals surface area contributed by atoms with Crippen molar-refractivity contribution in [2.75, 3.05) is 26.7 Å². The maximum Gasteiger partial charge on any atom is 0.140 e. The molecule has 1 N–H and O–H groups in total. The van der Waals surface area contributed by atoms with Gasteiger partial charge in [-0.15, -0.1) is 23.7 Å². The summed E-state index contributed by atoms with van der Waals surface area (Å²) in [6.07, 6.45) is 3.86. The molecule has 1 aliphatic heterocycles. The number of aromatic nitrogens is 3. The van der Waals surface area contributed by atoms with Crippen molar-refractivity contribution in [3.05, 3.63) is 58.6 Å². The average Bonchev–Trinajstić information content (AvgIpc) is 3.36. The summed E-state index contributed by atoms with van der Waals surface area (Å²) in [7, 11) is 3.70. The molecule has 0 amide bonds. The summed E-state index contributed by atoms with van der Waals surface area (Å²) in [6, 6.07) is 7.86. The van der Waals surface area contributed by atoms with Crippen LogP contribution in [0.3, 0.4) is 0 Å². The van der Waals surface area contributed by atoms with Gasteiger partial charge in [0, 0.05) is 51.0 Å². The van der Waals surface area contributed by atoms with E-state index in [1.807, 2.05) is 43.7 Å². The number of nitrogens with one attached hydrogen (secondary N) is 1. The second-order valence-electron chi connectivity index (χ2n) is 6.78. The Balaban J connectivity index is 0.00000240. The van der Waals surface area contributed by atoms with Gasteiger partial charge in [-0.2, -0.15) is 0 Å². The number of hydrogen-bond acceptors (Lipinski definition) is 7. The number of imidazole rings is 1. The number of thiazole rings is 1. The molecule has 1 aliphatic rings. The number of benzene rings is 1. The topological polar surface area (TPSA) is 64.4 Å². The number of methoxy groups -OCH3 is 1. The Hall–Kier alpha value is -2.13. The van der Waals surface area contributed by atoms with Crippen LogP contribution in [0, 0.1) is 0 Å². The highest BCUT2D eigenvalue weighted by atomic mass is 35.5. The van der Waals surface area contributed by atoms with Crippen molar-refractivity contribution in [3.8, 4) is 11.5 Å². The maximum absolute atomic E-state index is 5.85. The largest absolute Gasteiger partial charge is 0.497 e. The van der Waals surface area contributed by atoms with Crippen LogP contribution in [-0.4, -0.2) is 46.2 Å². The zero-order valence-electron chi connectivity index (χ0n) is 16.6. The van der Waals surface area contributed by atoms with E-state index in [2.05, 4.69) is 25.1 Å². The van der Waals surface area contributed by atoms with Crippen molar-refractivity contribution >= 4 is 23.7 Å². The SMILES string of the molecule is COc1ccc(OCc2nc(CN3CCNCC3c3nccn3C)cs2)cc1.Cl. The molecule has 1 saturated heterocycles. The summed E-state index contributed by atoms with van der Waals surface area (Å²) in [5.74, 6) is 2.72. The van der Waals surface area contributed by atoms with E-state index in [9.17, 15) is 0 Å². The van der Waals surface area contributed by atoms with E-state index in [0.717, 1.165) is 54.2 Å². The van der Waals surface area contributed by atoms with Crippen LogP contribution in [0.1, 0.15) is 22.6 Å². The van der Waals surface area contributed by atoms with Gasteiger partial charge in [0.2, 0.25) is 0 Å². The van der Waals surface area contributed by atoms with Crippen molar-refractivity contribution in [1.82, 2.24) is 24.8 Å². The zero-order chi connectivity index (χ0) is 19.3. The Labute approximate surface area is 181 Å². The molecule has 1 fully saturated rings. The standard InChI is InChI=1S/C20H25N5O2S.ClH/c1-24-9-8-22-20(24)18-11-21-7-10-25(18)12-15-14-28-19(23-15)13-27-17-5-3-16(26-2)4-6-17;/h3-6,8-9,14,18,21H,7,10-13H2,1-2H3;1H. The van der Waals surface area contributed by atoms with Crippen LogP contribution in [0.5, 0.6) is 11.5 Å². The molecule has 0 radical (unpaired) electrons. The highest BCUT2D eigenvalue weighted by molar-refractivity contribution is 7.09. The van der Waals surface area contributed by atoms with E-state index in [-0.39, 0.29) is 18.4 Å². The number of hydrogen-bond donors (Lipinski definition) is 1. The molecule has 9 heteroatoms. The maximum atomic E-state index is 5.85. The van der Waals surface area contributed by atoms with Crippen LogP contribution >= 0.6 is 23.7 Å². The first-order chi connectivity index (χ1) is 13.7. The molecule has 156 valence electrons. The first-order valence-corrected chi connectivity index (χ1v) is 10.2. The van der Waals surface area contributed by atoms with Gasteiger partial charge in [0.25, 0.3) is 0 Å². The molecule has 29 heavy (non-hydrogen) atoms. The fraction of sp³-hybridized carbons (Fsp3) is 0.400. The molecule has 1 unspecified atom stereocenters. The molecule has 0 spiro atoms. The third-order valence-electron chi connectivity index (χ3n) is 4.90. The van der Waals surface area contributed by atoms with E-state index in [1.165, 1.54) is 0 Å². The number of halogens is 1. The lowest BCUT2D eigenvalue weighted by Crippen LogP contribution is -2.46. The highest BCUT2D eigenvalue weighted by Crippen LogP contribution is 2.24. The van der Waals surface area contributed by atoms with Gasteiger partial charge in [-0.1, -0.05) is 0 Å². The molecule has 1 aromatic carbocycles. The quantitative estimate of drug-likeness (QED) is 0.615. The summed E-state index contributed by atoms with van der Waals surface area (Å²) < 4.78 is 13.1. The summed E-state index contributed by atoms with van der Waals surface area (Å²) in [4.78, 5) is 11.8. The predicted molar refractivity (Wildman–Crippen MR) is 116 cm³/mol. The van der Waals surface area contributed by atoms with Crippen LogP contribution in [0.15, 0.2) is 42.0 Å². The Morgan fingerprint density at radius 2 is 2.03 bits per heavy atom. The van der Waals surface area contributed by atoms with Crippen molar-refractivity contribution in [3.63, 3.8) is 0 Å². The normalized spacial score (nSPS) is 17.0. The van der Waals surface area contributed by atoms with Gasteiger partial charge in [-0.25, -0.2) is 9.97 Å². The van der Waals surface area contributed by atoms with Crippen molar-refractivity contribution in [2.24, 2.45) is 7.05 Å². The molecular formula is C20H26ClN5O2S. The Kier molecular flexibility index (Phi) is 7.49. The third-order valence-corrected chi connectivity index (χ3v) is 5.77. The number of rotatable bonds is 7. The summed E-state index contributed by atoms with van der Waals surface area (Å²) in [5.41, 5.74) is 1.08. The van der Waals surface area contributed by atoms with Crippen molar-refractivity contribution in [1.29, 1.82) is 0 Å². The lowest BCUT2D eigenvalue weighted by molar-refractivity contribution is 0.143. The van der Waals surface area contributed by atoms with E-state index in [4.69, 9.17) is 14.5 Å². The van der Waals surface area contributed by atoms with Gasteiger partial charge in [0.1, 0.15) is 28.9 Å². The number of piperazine rings is 1. The molecule has 0 saturated carbocycles. The van der Waals surface area contributed by atoms with Gasteiger partial charge in [-0.3, -0.25) is 4.90 Å². The molecule has 2 aromatic heterocycles. The van der Waals surface area contributed by atoms with Crippen LogP contribution in [-0.2, 0) is 20.2 Å². The average molecular weight is 436 g/mol. The Bertz CT molecular complexity index is 898. The smallest absolute Gasteiger partial charge is 0.140 e. The molecule has 0 bridgehead atoms. The van der Waals surface area contributed by atoms with Gasteiger partial charge < -0.3 is 19.4 Å². The molecule has 3 heterocycles. The van der Waals surface area contributed by atoms with Crippen molar-refractivity contribution in [2.45, 2.75) is 19.2 Å². The predicted octanol–water partition coefficient (Wildman–Crippen LogP) is 3.03. The first-order valence-electron chi connectivity index (χ1n) is 9.35. The molecule has 1 atom stereocenters. The van der Waals surface area contributed by atoms with E-state index in [1.54, 1.807) is 18.4 Å².